The lowest BCUT2D eigenvalue weighted by Crippen LogP contribution is -2.33. The van der Waals surface area contributed by atoms with Gasteiger partial charge < -0.3 is 13.9 Å². The molecule has 2 aromatic rings. The third kappa shape index (κ3) is 4.52. The summed E-state index contributed by atoms with van der Waals surface area (Å²) in [5, 5.41) is 0. The molecule has 1 aromatic heterocycles. The Kier molecular flexibility index (Phi) is 6.31. The summed E-state index contributed by atoms with van der Waals surface area (Å²) in [6.07, 6.45) is 2.88. The van der Waals surface area contributed by atoms with Crippen LogP contribution in [0.5, 0.6) is 11.5 Å². The lowest BCUT2D eigenvalue weighted by Gasteiger charge is -2.16. The quantitative estimate of drug-likeness (QED) is 0.712. The van der Waals surface area contributed by atoms with Crippen LogP contribution in [0.15, 0.2) is 44.3 Å². The second kappa shape index (κ2) is 8.04. The van der Waals surface area contributed by atoms with Crippen molar-refractivity contribution in [2.45, 2.75) is 30.7 Å². The van der Waals surface area contributed by atoms with Gasteiger partial charge in [-0.1, -0.05) is 0 Å². The first-order valence-corrected chi connectivity index (χ1v) is 9.61. The molecule has 132 valence electrons. The average molecular weight is 418 g/mol. The summed E-state index contributed by atoms with van der Waals surface area (Å²) in [5.74, 6) is 1.63. The van der Waals surface area contributed by atoms with Gasteiger partial charge in [-0.15, -0.1) is 0 Å². The van der Waals surface area contributed by atoms with Crippen LogP contribution < -0.4 is 14.2 Å². The second-order valence-electron chi connectivity index (χ2n) is 5.28. The van der Waals surface area contributed by atoms with Crippen LogP contribution in [0.2, 0.25) is 0 Å². The number of hydrogen-bond donors (Lipinski definition) is 1. The molecule has 0 bridgehead atoms. The summed E-state index contributed by atoms with van der Waals surface area (Å²) in [5.41, 5.74) is 0. The zero-order valence-electron chi connectivity index (χ0n) is 13.7. The second-order valence-corrected chi connectivity index (χ2v) is 7.81. The molecule has 1 aromatic carbocycles. The van der Waals surface area contributed by atoms with E-state index < -0.39 is 10.0 Å². The Morgan fingerprint density at radius 2 is 1.92 bits per heavy atom. The maximum atomic E-state index is 12.6. The van der Waals surface area contributed by atoms with Gasteiger partial charge in [0.15, 0.2) is 11.5 Å². The molecule has 2 rings (SSSR count). The number of rotatable bonds is 8. The van der Waals surface area contributed by atoms with Crippen molar-refractivity contribution in [3.05, 3.63) is 40.8 Å². The Hall–Kier alpha value is -1.51. The van der Waals surface area contributed by atoms with Crippen molar-refractivity contribution in [3.8, 4) is 11.5 Å². The van der Waals surface area contributed by atoms with Crippen molar-refractivity contribution < 1.29 is 22.3 Å². The molecule has 0 aliphatic heterocycles. The molecule has 0 amide bonds. The van der Waals surface area contributed by atoms with Gasteiger partial charge in [0, 0.05) is 23.0 Å². The number of ether oxygens (including phenoxy) is 2. The molecular weight excluding hydrogens is 398 g/mol. The maximum Gasteiger partial charge on any atom is 0.242 e. The van der Waals surface area contributed by atoms with Gasteiger partial charge in [-0.2, -0.15) is 0 Å². The van der Waals surface area contributed by atoms with Crippen molar-refractivity contribution in [1.82, 2.24) is 4.72 Å². The molecule has 0 radical (unpaired) electrons. The summed E-state index contributed by atoms with van der Waals surface area (Å²) < 4.78 is 43.9. The Morgan fingerprint density at radius 3 is 2.50 bits per heavy atom. The van der Waals surface area contributed by atoms with Gasteiger partial charge in [0.1, 0.15) is 10.7 Å². The molecule has 0 saturated heterocycles. The Balaban J connectivity index is 2.14. The summed E-state index contributed by atoms with van der Waals surface area (Å²) in [7, 11) is -0.748. The van der Waals surface area contributed by atoms with Gasteiger partial charge in [-0.05, 0) is 47.5 Å². The maximum absolute atomic E-state index is 12.6. The standard InChI is InChI=1S/C16H20BrNO5S/c1-11(6-7-12-5-4-8-23-12)18-24(19,20)16-10-15(22-3)14(21-2)9-13(16)17/h4-5,8-11,18H,6-7H2,1-3H3/t11-/m0/s1. The molecular formula is C16H20BrNO5S. The molecule has 1 heterocycles. The summed E-state index contributed by atoms with van der Waals surface area (Å²) >= 11 is 3.28. The molecule has 0 aliphatic rings. The van der Waals surface area contributed by atoms with Crippen LogP contribution in [0.3, 0.4) is 0 Å². The van der Waals surface area contributed by atoms with E-state index in [1.54, 1.807) is 12.3 Å². The molecule has 0 aliphatic carbocycles. The SMILES string of the molecule is COc1cc(Br)c(S(=O)(=O)N[C@@H](C)CCc2ccco2)cc1OC. The number of aryl methyl sites for hydroxylation is 1. The lowest BCUT2D eigenvalue weighted by molar-refractivity contribution is 0.353. The van der Waals surface area contributed by atoms with Crippen LogP contribution in [0.4, 0.5) is 0 Å². The van der Waals surface area contributed by atoms with Crippen molar-refractivity contribution >= 4 is 26.0 Å². The van der Waals surface area contributed by atoms with E-state index in [4.69, 9.17) is 13.9 Å². The number of furan rings is 1. The Bertz CT molecular complexity index is 774. The van der Waals surface area contributed by atoms with E-state index in [-0.39, 0.29) is 10.9 Å². The van der Waals surface area contributed by atoms with Crippen LogP contribution in [0, 0.1) is 0 Å². The van der Waals surface area contributed by atoms with Crippen molar-refractivity contribution in [2.24, 2.45) is 0 Å². The van der Waals surface area contributed by atoms with Crippen LogP contribution in [0.25, 0.3) is 0 Å². The first kappa shape index (κ1) is 18.8. The van der Waals surface area contributed by atoms with Crippen molar-refractivity contribution in [2.75, 3.05) is 14.2 Å². The first-order chi connectivity index (χ1) is 11.4. The highest BCUT2D eigenvalue weighted by atomic mass is 79.9. The predicted octanol–water partition coefficient (Wildman–Crippen LogP) is 3.36. The number of nitrogens with one attached hydrogen (secondary N) is 1. The third-order valence-electron chi connectivity index (χ3n) is 3.49. The van der Waals surface area contributed by atoms with E-state index in [9.17, 15) is 8.42 Å². The number of halogens is 1. The predicted molar refractivity (Wildman–Crippen MR) is 94.1 cm³/mol. The third-order valence-corrected chi connectivity index (χ3v) is 6.04. The van der Waals surface area contributed by atoms with Crippen LogP contribution in [-0.2, 0) is 16.4 Å². The molecule has 1 N–H and O–H groups in total. The molecule has 6 nitrogen and oxygen atoms in total. The van der Waals surface area contributed by atoms with Crippen LogP contribution >= 0.6 is 15.9 Å². The summed E-state index contributed by atoms with van der Waals surface area (Å²) in [4.78, 5) is 0.102. The molecule has 0 fully saturated rings. The molecule has 24 heavy (non-hydrogen) atoms. The van der Waals surface area contributed by atoms with Gasteiger partial charge in [0.25, 0.3) is 0 Å². The van der Waals surface area contributed by atoms with Gasteiger partial charge in [-0.3, -0.25) is 0 Å². The number of benzene rings is 1. The molecule has 0 saturated carbocycles. The van der Waals surface area contributed by atoms with Crippen molar-refractivity contribution in [1.29, 1.82) is 0 Å². The van der Waals surface area contributed by atoms with Crippen LogP contribution in [0.1, 0.15) is 19.1 Å². The number of sulfonamides is 1. The zero-order valence-corrected chi connectivity index (χ0v) is 16.1. The average Bonchev–Trinajstić information content (AvgIpc) is 3.05. The fourth-order valence-electron chi connectivity index (χ4n) is 2.24. The largest absolute Gasteiger partial charge is 0.493 e. The number of methoxy groups -OCH3 is 2. The minimum Gasteiger partial charge on any atom is -0.493 e. The highest BCUT2D eigenvalue weighted by Crippen LogP contribution is 2.35. The van der Waals surface area contributed by atoms with Gasteiger partial charge >= 0.3 is 0 Å². The van der Waals surface area contributed by atoms with Crippen molar-refractivity contribution in [3.63, 3.8) is 0 Å². The first-order valence-electron chi connectivity index (χ1n) is 7.33. The molecule has 8 heteroatoms. The van der Waals surface area contributed by atoms with Gasteiger partial charge in [-0.25, -0.2) is 13.1 Å². The highest BCUT2D eigenvalue weighted by Gasteiger charge is 2.23. The van der Waals surface area contributed by atoms with E-state index in [0.717, 1.165) is 5.76 Å². The smallest absolute Gasteiger partial charge is 0.242 e. The monoisotopic (exact) mass is 417 g/mol. The summed E-state index contributed by atoms with van der Waals surface area (Å²) in [6.45, 7) is 1.81. The minimum atomic E-state index is -3.70. The van der Waals surface area contributed by atoms with Gasteiger partial charge in [0.2, 0.25) is 10.0 Å². The lowest BCUT2D eigenvalue weighted by atomic mass is 10.2. The van der Waals surface area contributed by atoms with E-state index in [0.29, 0.717) is 28.8 Å². The topological polar surface area (TPSA) is 77.8 Å². The Morgan fingerprint density at radius 1 is 1.25 bits per heavy atom. The summed E-state index contributed by atoms with van der Waals surface area (Å²) in [6, 6.07) is 6.43. The normalized spacial score (nSPS) is 12.8. The van der Waals surface area contributed by atoms with E-state index in [2.05, 4.69) is 20.7 Å². The van der Waals surface area contributed by atoms with Gasteiger partial charge in [0.05, 0.1) is 20.5 Å². The molecule has 0 spiro atoms. The Labute approximate surface area is 150 Å². The minimum absolute atomic E-state index is 0.102. The van der Waals surface area contributed by atoms with E-state index >= 15 is 0 Å². The molecule has 0 unspecified atom stereocenters. The fraction of sp³-hybridized carbons (Fsp3) is 0.375. The zero-order chi connectivity index (χ0) is 17.7. The fourth-order valence-corrected chi connectivity index (χ4v) is 4.56. The van der Waals surface area contributed by atoms with Crippen LogP contribution in [-0.4, -0.2) is 28.7 Å². The molecule has 1 atom stereocenters. The van der Waals surface area contributed by atoms with E-state index in [1.165, 1.54) is 20.3 Å². The number of hydrogen-bond acceptors (Lipinski definition) is 5. The highest BCUT2D eigenvalue weighted by molar-refractivity contribution is 9.10. The van der Waals surface area contributed by atoms with E-state index in [1.807, 2.05) is 19.1 Å².